The van der Waals surface area contributed by atoms with Crippen LogP contribution in [0.1, 0.15) is 48.1 Å². The number of amides is 2. The minimum Gasteiger partial charge on any atom is -0.372 e. The fraction of sp³-hybridized carbons (Fsp3) is 0.458. The maximum Gasteiger partial charge on any atom is 0.416 e. The third-order valence-electron chi connectivity index (χ3n) is 6.15. The Hall–Kier alpha value is -2.79. The lowest BCUT2D eigenvalue weighted by atomic mass is 9.81. The van der Waals surface area contributed by atoms with Gasteiger partial charge in [-0.2, -0.15) is 26.3 Å². The van der Waals surface area contributed by atoms with Gasteiger partial charge in [0.1, 0.15) is 0 Å². The molecule has 1 unspecified atom stereocenters. The largest absolute Gasteiger partial charge is 0.416 e. The molecule has 0 aromatic heterocycles. The highest BCUT2D eigenvalue weighted by molar-refractivity contribution is 5.73. The smallest absolute Gasteiger partial charge is 0.372 e. The summed E-state index contributed by atoms with van der Waals surface area (Å²) in [5.41, 5.74) is -2.84. The van der Waals surface area contributed by atoms with Crippen LogP contribution in [0.4, 0.5) is 31.1 Å². The van der Waals surface area contributed by atoms with Crippen molar-refractivity contribution in [2.75, 3.05) is 20.2 Å². The lowest BCUT2D eigenvalue weighted by Gasteiger charge is -2.42. The van der Waals surface area contributed by atoms with Crippen LogP contribution < -0.4 is 16.0 Å². The molecule has 3 atom stereocenters. The Bertz CT molecular complexity index is 970. The number of ether oxygens (including phenoxy) is 1. The van der Waals surface area contributed by atoms with E-state index in [0.29, 0.717) is 31.5 Å². The molecule has 2 aromatic rings. The minimum atomic E-state index is -4.93. The molecule has 1 heterocycles. The molecule has 1 aliphatic rings. The molecule has 2 amide bonds. The lowest BCUT2D eigenvalue weighted by Crippen LogP contribution is -2.58. The standard InChI is InChI=1S/C24H27F6N3O2/c1-15(16-10-18(23(25,26)27)12-19(11-16)24(28,29)30)35-14-22(17-6-4-3-5-7-17)9-8-20(13-32-22)33-21(34)31-2/h3-7,10-12,15,20,32H,8-9,13-14H2,1-2H3,(H2,31,33,34)/t15-,20+,22?/m1/s1. The first-order valence-electron chi connectivity index (χ1n) is 11.0. The summed E-state index contributed by atoms with van der Waals surface area (Å²) in [6, 6.07) is 10.3. The van der Waals surface area contributed by atoms with Crippen molar-refractivity contribution in [1.82, 2.24) is 16.0 Å². The quantitative estimate of drug-likeness (QED) is 0.464. The molecule has 3 rings (SSSR count). The second-order valence-electron chi connectivity index (χ2n) is 8.58. The van der Waals surface area contributed by atoms with Crippen molar-refractivity contribution >= 4 is 6.03 Å². The maximum atomic E-state index is 13.3. The zero-order chi connectivity index (χ0) is 25.9. The van der Waals surface area contributed by atoms with Crippen LogP contribution in [0.15, 0.2) is 48.5 Å². The molecule has 0 radical (unpaired) electrons. The number of carbonyl (C=O) groups excluding carboxylic acids is 1. The first-order chi connectivity index (χ1) is 16.3. The molecule has 1 fully saturated rings. The fourth-order valence-electron chi connectivity index (χ4n) is 4.10. The second-order valence-corrected chi connectivity index (χ2v) is 8.58. The van der Waals surface area contributed by atoms with Crippen molar-refractivity contribution in [3.8, 4) is 0 Å². The summed E-state index contributed by atoms with van der Waals surface area (Å²) in [5.74, 6) is 0. The number of rotatable bonds is 6. The maximum absolute atomic E-state index is 13.3. The van der Waals surface area contributed by atoms with Gasteiger partial charge in [-0.1, -0.05) is 30.3 Å². The molecule has 0 saturated carbocycles. The van der Waals surface area contributed by atoms with Gasteiger partial charge >= 0.3 is 18.4 Å². The highest BCUT2D eigenvalue weighted by atomic mass is 19.4. The van der Waals surface area contributed by atoms with Gasteiger partial charge in [-0.25, -0.2) is 4.79 Å². The Balaban J connectivity index is 1.83. The number of hydrogen-bond acceptors (Lipinski definition) is 3. The van der Waals surface area contributed by atoms with Gasteiger partial charge in [-0.05, 0) is 49.1 Å². The van der Waals surface area contributed by atoms with Crippen LogP contribution >= 0.6 is 0 Å². The van der Waals surface area contributed by atoms with Gasteiger partial charge in [0.25, 0.3) is 0 Å². The number of halogens is 6. The van der Waals surface area contributed by atoms with Gasteiger partial charge in [0.05, 0.1) is 29.4 Å². The average Bonchev–Trinajstić information content (AvgIpc) is 2.82. The number of piperidine rings is 1. The van der Waals surface area contributed by atoms with E-state index in [2.05, 4.69) is 16.0 Å². The van der Waals surface area contributed by atoms with E-state index in [1.165, 1.54) is 14.0 Å². The van der Waals surface area contributed by atoms with Crippen LogP contribution in [0.3, 0.4) is 0 Å². The summed E-state index contributed by atoms with van der Waals surface area (Å²) in [6.45, 7) is 1.83. The van der Waals surface area contributed by atoms with Crippen molar-refractivity contribution in [2.45, 2.75) is 49.8 Å². The molecule has 3 N–H and O–H groups in total. The third kappa shape index (κ3) is 6.66. The van der Waals surface area contributed by atoms with Gasteiger partial charge < -0.3 is 20.7 Å². The number of benzene rings is 2. The molecule has 1 saturated heterocycles. The van der Waals surface area contributed by atoms with Crippen molar-refractivity contribution in [3.05, 3.63) is 70.8 Å². The van der Waals surface area contributed by atoms with Gasteiger partial charge in [-0.15, -0.1) is 0 Å². The Morgan fingerprint density at radius 2 is 1.69 bits per heavy atom. The molecule has 35 heavy (non-hydrogen) atoms. The molecule has 1 aliphatic heterocycles. The number of hydrogen-bond donors (Lipinski definition) is 3. The molecular formula is C24H27F6N3O2. The molecule has 2 aromatic carbocycles. The number of urea groups is 1. The highest BCUT2D eigenvalue weighted by Gasteiger charge is 2.39. The van der Waals surface area contributed by atoms with Gasteiger partial charge in [-0.3, -0.25) is 0 Å². The number of nitrogens with one attached hydrogen (secondary N) is 3. The van der Waals surface area contributed by atoms with Crippen LogP contribution in [0.5, 0.6) is 0 Å². The van der Waals surface area contributed by atoms with E-state index >= 15 is 0 Å². The zero-order valence-electron chi connectivity index (χ0n) is 19.2. The summed E-state index contributed by atoms with van der Waals surface area (Å²) in [5, 5.41) is 8.69. The van der Waals surface area contributed by atoms with Crippen molar-refractivity contribution < 1.29 is 35.9 Å². The normalized spacial score (nSPS) is 21.9. The average molecular weight is 503 g/mol. The van der Waals surface area contributed by atoms with Crippen molar-refractivity contribution in [3.63, 3.8) is 0 Å². The SMILES string of the molecule is CNC(=O)N[C@H]1CCC(CO[C@H](C)c2cc(C(F)(F)F)cc(C(F)(F)F)c2)(c2ccccc2)NC1. The van der Waals surface area contributed by atoms with Crippen LogP contribution in [0.25, 0.3) is 0 Å². The lowest BCUT2D eigenvalue weighted by molar-refractivity contribution is -0.143. The Kier molecular flexibility index (Phi) is 8.00. The van der Waals surface area contributed by atoms with Crippen molar-refractivity contribution in [1.29, 1.82) is 0 Å². The molecule has 5 nitrogen and oxygen atoms in total. The molecule has 0 bridgehead atoms. The third-order valence-corrected chi connectivity index (χ3v) is 6.15. The van der Waals surface area contributed by atoms with E-state index in [0.717, 1.165) is 5.56 Å². The first kappa shape index (κ1) is 26.8. The van der Waals surface area contributed by atoms with Gasteiger partial charge in [0.15, 0.2) is 0 Å². The van der Waals surface area contributed by atoms with E-state index in [-0.39, 0.29) is 30.3 Å². The van der Waals surface area contributed by atoms with E-state index in [4.69, 9.17) is 4.74 Å². The summed E-state index contributed by atoms with van der Waals surface area (Å²) in [4.78, 5) is 11.6. The van der Waals surface area contributed by atoms with Crippen LogP contribution in [-0.2, 0) is 22.6 Å². The van der Waals surface area contributed by atoms with Crippen LogP contribution in [0, 0.1) is 0 Å². The monoisotopic (exact) mass is 503 g/mol. The summed E-state index contributed by atoms with van der Waals surface area (Å²) in [6.07, 6.45) is -9.79. The van der Waals surface area contributed by atoms with E-state index in [1.807, 2.05) is 30.3 Å². The first-order valence-corrected chi connectivity index (χ1v) is 11.0. The summed E-state index contributed by atoms with van der Waals surface area (Å²) >= 11 is 0. The molecule has 0 spiro atoms. The summed E-state index contributed by atoms with van der Waals surface area (Å²) in [7, 11) is 1.51. The summed E-state index contributed by atoms with van der Waals surface area (Å²) < 4.78 is 85.5. The highest BCUT2D eigenvalue weighted by Crippen LogP contribution is 2.39. The van der Waals surface area contributed by atoms with Gasteiger partial charge in [0.2, 0.25) is 0 Å². The molecule has 192 valence electrons. The van der Waals surface area contributed by atoms with Crippen molar-refractivity contribution in [2.24, 2.45) is 0 Å². The Morgan fingerprint density at radius 3 is 2.17 bits per heavy atom. The van der Waals surface area contributed by atoms with E-state index in [1.54, 1.807) is 0 Å². The number of alkyl halides is 6. The topological polar surface area (TPSA) is 62.4 Å². The van der Waals surface area contributed by atoms with E-state index in [9.17, 15) is 31.1 Å². The Labute approximate surface area is 199 Å². The van der Waals surface area contributed by atoms with Crippen LogP contribution in [-0.4, -0.2) is 32.3 Å². The number of carbonyl (C=O) groups is 1. The van der Waals surface area contributed by atoms with Gasteiger partial charge in [0, 0.05) is 19.6 Å². The van der Waals surface area contributed by atoms with E-state index < -0.39 is 35.1 Å². The van der Waals surface area contributed by atoms with Crippen LogP contribution in [0.2, 0.25) is 0 Å². The Morgan fingerprint density at radius 1 is 1.09 bits per heavy atom. The molecule has 0 aliphatic carbocycles. The fourth-order valence-corrected chi connectivity index (χ4v) is 4.10. The molecule has 11 heteroatoms. The predicted molar refractivity (Wildman–Crippen MR) is 118 cm³/mol. The zero-order valence-corrected chi connectivity index (χ0v) is 19.2. The minimum absolute atomic E-state index is 0.00245. The molecular weight excluding hydrogens is 476 g/mol. The predicted octanol–water partition coefficient (Wildman–Crippen LogP) is 5.38. The second kappa shape index (κ2) is 10.4.